The van der Waals surface area contributed by atoms with Gasteiger partial charge in [0.25, 0.3) is 0 Å². The van der Waals surface area contributed by atoms with Crippen molar-refractivity contribution in [3.05, 3.63) is 23.8 Å². The molecule has 1 heterocycles. The van der Waals surface area contributed by atoms with Gasteiger partial charge in [-0.05, 0) is 68.3 Å². The SMILES string of the molecule is CO[C@@H]1O[C@@H]([C@@H](O)C(C)(C)O)C[C@@H]1[C@@H]1CC=C2[C@H]3[C@H]([C@H](OC(C)=O)C[C@]21C)[C@@]1(C)C=CC(=O)C(C)(C)[C@@H]1C[C@H]3OC(C)=O. The van der Waals surface area contributed by atoms with E-state index in [9.17, 15) is 24.6 Å². The van der Waals surface area contributed by atoms with Gasteiger partial charge in [-0.1, -0.05) is 45.4 Å². The molecule has 0 aromatic heterocycles. The van der Waals surface area contributed by atoms with E-state index in [-0.39, 0.29) is 47.3 Å². The zero-order valence-corrected chi connectivity index (χ0v) is 27.1. The zero-order chi connectivity index (χ0) is 31.9. The highest BCUT2D eigenvalue weighted by molar-refractivity contribution is 5.95. The average molecular weight is 603 g/mol. The average Bonchev–Trinajstić information content (AvgIpc) is 3.46. The number of esters is 2. The molecule has 2 N–H and O–H groups in total. The molecule has 1 saturated heterocycles. The lowest BCUT2D eigenvalue weighted by Crippen LogP contribution is -2.64. The van der Waals surface area contributed by atoms with E-state index in [0.717, 1.165) is 6.42 Å². The Balaban J connectivity index is 1.58. The van der Waals surface area contributed by atoms with Crippen molar-refractivity contribution in [1.82, 2.24) is 0 Å². The van der Waals surface area contributed by atoms with Gasteiger partial charge in [0, 0.05) is 44.1 Å². The lowest BCUT2D eigenvalue weighted by molar-refractivity contribution is -0.199. The molecule has 1 aliphatic heterocycles. The van der Waals surface area contributed by atoms with Gasteiger partial charge in [-0.15, -0.1) is 0 Å². The number of aliphatic hydroxyl groups is 2. The number of hydrogen-bond donors (Lipinski definition) is 2. The Hall–Kier alpha value is -2.07. The number of carbonyl (C=O) groups is 3. The fourth-order valence-electron chi connectivity index (χ4n) is 10.0. The Morgan fingerprint density at radius 3 is 2.28 bits per heavy atom. The molecule has 2 saturated carbocycles. The molecule has 43 heavy (non-hydrogen) atoms. The molecule has 0 aromatic carbocycles. The minimum atomic E-state index is -1.34. The number of methoxy groups -OCH3 is 1. The monoisotopic (exact) mass is 602 g/mol. The van der Waals surface area contributed by atoms with Crippen molar-refractivity contribution in [2.45, 2.75) is 117 Å². The number of hydrogen-bond acceptors (Lipinski definition) is 9. The molecule has 9 heteroatoms. The predicted octanol–water partition coefficient (Wildman–Crippen LogP) is 4.14. The highest BCUT2D eigenvalue weighted by atomic mass is 16.7. The minimum absolute atomic E-state index is 0.0360. The van der Waals surface area contributed by atoms with Crippen molar-refractivity contribution in [3.8, 4) is 0 Å². The summed E-state index contributed by atoms with van der Waals surface area (Å²) >= 11 is 0. The van der Waals surface area contributed by atoms with E-state index in [1.807, 2.05) is 19.9 Å². The third-order valence-electron chi connectivity index (χ3n) is 11.9. The quantitative estimate of drug-likeness (QED) is 0.341. The van der Waals surface area contributed by atoms with Gasteiger partial charge in [0.05, 0.1) is 11.7 Å². The van der Waals surface area contributed by atoms with Crippen molar-refractivity contribution in [2.24, 2.45) is 45.8 Å². The normalized spacial score (nSPS) is 44.1. The highest BCUT2D eigenvalue weighted by Gasteiger charge is 2.68. The van der Waals surface area contributed by atoms with Gasteiger partial charge in [0.15, 0.2) is 12.1 Å². The first-order chi connectivity index (χ1) is 19.9. The summed E-state index contributed by atoms with van der Waals surface area (Å²) in [6, 6.07) is 0. The van der Waals surface area contributed by atoms with Crippen molar-refractivity contribution in [1.29, 1.82) is 0 Å². The van der Waals surface area contributed by atoms with Crippen LogP contribution < -0.4 is 0 Å². The van der Waals surface area contributed by atoms with Crippen LogP contribution in [0.3, 0.4) is 0 Å². The minimum Gasteiger partial charge on any atom is -0.462 e. The van der Waals surface area contributed by atoms with Gasteiger partial charge in [0.1, 0.15) is 18.3 Å². The maximum absolute atomic E-state index is 13.1. The summed E-state index contributed by atoms with van der Waals surface area (Å²) in [7, 11) is 1.60. The van der Waals surface area contributed by atoms with E-state index >= 15 is 0 Å². The highest BCUT2D eigenvalue weighted by Crippen LogP contribution is 2.69. The third-order valence-corrected chi connectivity index (χ3v) is 11.9. The molecule has 5 rings (SSSR count). The molecule has 9 nitrogen and oxygen atoms in total. The number of aliphatic hydroxyl groups excluding tert-OH is 1. The van der Waals surface area contributed by atoms with Crippen LogP contribution >= 0.6 is 0 Å². The Kier molecular flexibility index (Phi) is 8.10. The Morgan fingerprint density at radius 2 is 1.70 bits per heavy atom. The lowest BCUT2D eigenvalue weighted by atomic mass is 9.42. The lowest BCUT2D eigenvalue weighted by Gasteiger charge is -2.63. The standard InChI is InChI=1S/C34H50O9/c1-17(35)41-22-15-25-31(3,4)26(37)12-13-33(25,7)28-24(42-18(2)36)16-34(8)20(10-11-21(34)27(22)28)19-14-23(43-30(19)40-9)29(38)32(5,6)39/h11-13,19-20,22-25,27-30,38-39H,10,14-16H2,1-9H3/t19-,20+,22-,23-,24-,25+,27-,28+,29-,30-,33+,34+/m1/s1. The van der Waals surface area contributed by atoms with Crippen LogP contribution in [-0.2, 0) is 33.3 Å². The van der Waals surface area contributed by atoms with E-state index in [1.165, 1.54) is 19.4 Å². The van der Waals surface area contributed by atoms with Gasteiger partial charge in [0.2, 0.25) is 0 Å². The second-order valence-electron chi connectivity index (χ2n) is 15.3. The second-order valence-corrected chi connectivity index (χ2v) is 15.3. The number of rotatable bonds is 6. The molecule has 3 fully saturated rings. The van der Waals surface area contributed by atoms with Crippen LogP contribution in [0.15, 0.2) is 23.8 Å². The number of allylic oxidation sites excluding steroid dienone is 3. The van der Waals surface area contributed by atoms with Crippen LogP contribution in [-0.4, -0.2) is 71.4 Å². The zero-order valence-electron chi connectivity index (χ0n) is 27.1. The summed E-state index contributed by atoms with van der Waals surface area (Å²) in [5, 5.41) is 21.4. The Morgan fingerprint density at radius 1 is 1.07 bits per heavy atom. The maximum atomic E-state index is 13.1. The van der Waals surface area contributed by atoms with Crippen LogP contribution in [0.5, 0.6) is 0 Å². The largest absolute Gasteiger partial charge is 0.462 e. The fraction of sp³-hybridized carbons (Fsp3) is 0.794. The molecule has 240 valence electrons. The Bertz CT molecular complexity index is 1210. The molecule has 0 unspecified atom stereocenters. The van der Waals surface area contributed by atoms with E-state index in [2.05, 4.69) is 19.9 Å². The van der Waals surface area contributed by atoms with Gasteiger partial charge in [-0.25, -0.2) is 0 Å². The maximum Gasteiger partial charge on any atom is 0.302 e. The van der Waals surface area contributed by atoms with Crippen LogP contribution in [0.2, 0.25) is 0 Å². The van der Waals surface area contributed by atoms with Crippen molar-refractivity contribution < 1.29 is 43.5 Å². The molecular formula is C34H50O9. The Labute approximate surface area is 255 Å². The second kappa shape index (κ2) is 10.8. The molecule has 0 bridgehead atoms. The van der Waals surface area contributed by atoms with E-state index in [0.29, 0.717) is 19.3 Å². The van der Waals surface area contributed by atoms with E-state index < -0.39 is 52.6 Å². The van der Waals surface area contributed by atoms with Crippen molar-refractivity contribution in [3.63, 3.8) is 0 Å². The number of ketones is 1. The van der Waals surface area contributed by atoms with Gasteiger partial charge in [-0.3, -0.25) is 14.4 Å². The molecule has 0 aromatic rings. The molecule has 0 amide bonds. The summed E-state index contributed by atoms with van der Waals surface area (Å²) in [4.78, 5) is 38.3. The van der Waals surface area contributed by atoms with Crippen LogP contribution in [0, 0.1) is 45.8 Å². The van der Waals surface area contributed by atoms with Gasteiger partial charge < -0.3 is 29.2 Å². The molecular weight excluding hydrogens is 552 g/mol. The van der Waals surface area contributed by atoms with Crippen LogP contribution in [0.25, 0.3) is 0 Å². The fourth-order valence-corrected chi connectivity index (χ4v) is 10.0. The van der Waals surface area contributed by atoms with E-state index in [1.54, 1.807) is 27.0 Å². The van der Waals surface area contributed by atoms with Gasteiger partial charge >= 0.3 is 11.9 Å². The smallest absolute Gasteiger partial charge is 0.302 e. The van der Waals surface area contributed by atoms with E-state index in [4.69, 9.17) is 18.9 Å². The topological polar surface area (TPSA) is 129 Å². The molecule has 0 spiro atoms. The summed E-state index contributed by atoms with van der Waals surface area (Å²) < 4.78 is 24.3. The number of fused-ring (bicyclic) bond motifs is 5. The number of carbonyl (C=O) groups excluding carboxylic acids is 3. The molecule has 5 aliphatic rings. The predicted molar refractivity (Wildman–Crippen MR) is 157 cm³/mol. The van der Waals surface area contributed by atoms with Crippen LogP contribution in [0.1, 0.15) is 81.1 Å². The van der Waals surface area contributed by atoms with Crippen LogP contribution in [0.4, 0.5) is 0 Å². The summed E-state index contributed by atoms with van der Waals surface area (Å²) in [6.07, 6.45) is 5.09. The number of ether oxygens (including phenoxy) is 4. The van der Waals surface area contributed by atoms with Gasteiger partial charge in [-0.2, -0.15) is 0 Å². The first-order valence-electron chi connectivity index (χ1n) is 15.7. The van der Waals surface area contributed by atoms with Crippen molar-refractivity contribution >= 4 is 17.7 Å². The summed E-state index contributed by atoms with van der Waals surface area (Å²) in [5.41, 5.74) is -1.74. The third kappa shape index (κ3) is 5.12. The molecule has 12 atom stereocenters. The first-order valence-corrected chi connectivity index (χ1v) is 15.7. The first kappa shape index (κ1) is 32.3. The molecule has 0 radical (unpaired) electrons. The van der Waals surface area contributed by atoms with Crippen molar-refractivity contribution in [2.75, 3.05) is 7.11 Å². The molecule has 4 aliphatic carbocycles. The summed E-state index contributed by atoms with van der Waals surface area (Å²) in [5.74, 6) is -1.28. The summed E-state index contributed by atoms with van der Waals surface area (Å²) in [6.45, 7) is 14.3.